The quantitative estimate of drug-likeness (QED) is 0.591. The van der Waals surface area contributed by atoms with E-state index in [9.17, 15) is 20.2 Å². The molecule has 0 saturated carbocycles. The van der Waals surface area contributed by atoms with Crippen LogP contribution in [0, 0.1) is 20.2 Å². The number of nitro groups is 2. The van der Waals surface area contributed by atoms with Crippen LogP contribution in [0.1, 0.15) is 5.56 Å². The van der Waals surface area contributed by atoms with Gasteiger partial charge in [0.25, 0.3) is 11.4 Å². The monoisotopic (exact) mass is 365 g/mol. The van der Waals surface area contributed by atoms with Gasteiger partial charge in [0.15, 0.2) is 0 Å². The van der Waals surface area contributed by atoms with Gasteiger partial charge >= 0.3 is 0 Å². The van der Waals surface area contributed by atoms with Gasteiger partial charge in [0.1, 0.15) is 5.69 Å². The van der Waals surface area contributed by atoms with Gasteiger partial charge in [-0.1, -0.05) is 28.1 Å². The topological polar surface area (TPSA) is 89.5 Å². The molecule has 22 heavy (non-hydrogen) atoms. The molecule has 0 radical (unpaired) electrons. The highest BCUT2D eigenvalue weighted by Gasteiger charge is 2.21. The average Bonchev–Trinajstić information content (AvgIpc) is 2.48. The highest BCUT2D eigenvalue weighted by molar-refractivity contribution is 9.10. The van der Waals surface area contributed by atoms with Crippen molar-refractivity contribution >= 4 is 33.0 Å². The zero-order valence-electron chi connectivity index (χ0n) is 11.6. The number of hydrogen-bond acceptors (Lipinski definition) is 5. The Kier molecular flexibility index (Phi) is 4.71. The lowest BCUT2D eigenvalue weighted by Gasteiger charge is -2.19. The molecule has 0 heterocycles. The summed E-state index contributed by atoms with van der Waals surface area (Å²) >= 11 is 3.34. The maximum atomic E-state index is 11.1. The van der Waals surface area contributed by atoms with Crippen molar-refractivity contribution < 1.29 is 9.85 Å². The van der Waals surface area contributed by atoms with E-state index >= 15 is 0 Å². The molecule has 0 saturated heterocycles. The molecule has 0 N–H and O–H groups in total. The van der Waals surface area contributed by atoms with Gasteiger partial charge in [-0.15, -0.1) is 0 Å². The molecule has 7 nitrogen and oxygen atoms in total. The molecule has 0 amide bonds. The van der Waals surface area contributed by atoms with Crippen LogP contribution in [0.3, 0.4) is 0 Å². The largest absolute Gasteiger partial charge is 0.365 e. The summed E-state index contributed by atoms with van der Waals surface area (Å²) in [6.07, 6.45) is 0. The van der Waals surface area contributed by atoms with E-state index in [1.807, 2.05) is 24.3 Å². The Balaban J connectivity index is 2.32. The van der Waals surface area contributed by atoms with Crippen molar-refractivity contribution in [2.24, 2.45) is 0 Å². The smallest absolute Gasteiger partial charge is 0.299 e. The average molecular weight is 366 g/mol. The van der Waals surface area contributed by atoms with E-state index in [-0.39, 0.29) is 11.4 Å². The third kappa shape index (κ3) is 3.59. The highest BCUT2D eigenvalue weighted by Crippen LogP contribution is 2.32. The second-order valence-corrected chi connectivity index (χ2v) is 5.59. The minimum atomic E-state index is -0.647. The Morgan fingerprint density at radius 2 is 1.68 bits per heavy atom. The van der Waals surface area contributed by atoms with Crippen LogP contribution in [0.25, 0.3) is 0 Å². The van der Waals surface area contributed by atoms with Crippen molar-refractivity contribution in [3.63, 3.8) is 0 Å². The van der Waals surface area contributed by atoms with Gasteiger partial charge in [0.05, 0.1) is 15.9 Å². The SMILES string of the molecule is CN(Cc1ccc(Br)cc1)c1ccc([N+](=O)[O-])cc1[N+](=O)[O-]. The van der Waals surface area contributed by atoms with Crippen molar-refractivity contribution in [1.82, 2.24) is 0 Å². The normalized spacial score (nSPS) is 10.3. The summed E-state index contributed by atoms with van der Waals surface area (Å²) < 4.78 is 0.945. The fourth-order valence-electron chi connectivity index (χ4n) is 2.04. The molecule has 0 bridgehead atoms. The third-order valence-electron chi connectivity index (χ3n) is 3.11. The minimum Gasteiger partial charge on any atom is -0.365 e. The van der Waals surface area contributed by atoms with Crippen molar-refractivity contribution in [3.05, 3.63) is 72.7 Å². The van der Waals surface area contributed by atoms with Gasteiger partial charge in [0, 0.05) is 24.1 Å². The number of benzene rings is 2. The molecule has 0 aliphatic heterocycles. The summed E-state index contributed by atoms with van der Waals surface area (Å²) in [6, 6.07) is 11.2. The van der Waals surface area contributed by atoms with Crippen LogP contribution in [0.2, 0.25) is 0 Å². The molecule has 2 aromatic rings. The first-order valence-corrected chi connectivity index (χ1v) is 7.06. The molecule has 0 spiro atoms. The summed E-state index contributed by atoms with van der Waals surface area (Å²) in [5.74, 6) is 0. The van der Waals surface area contributed by atoms with Gasteiger partial charge in [-0.2, -0.15) is 0 Å². The van der Waals surface area contributed by atoms with E-state index < -0.39 is 9.85 Å². The fourth-order valence-corrected chi connectivity index (χ4v) is 2.31. The lowest BCUT2D eigenvalue weighted by Crippen LogP contribution is -2.17. The number of nitrogens with zero attached hydrogens (tertiary/aromatic N) is 3. The number of nitro benzene ring substituents is 2. The fraction of sp³-hybridized carbons (Fsp3) is 0.143. The van der Waals surface area contributed by atoms with Crippen molar-refractivity contribution in [1.29, 1.82) is 0 Å². The lowest BCUT2D eigenvalue weighted by molar-refractivity contribution is -0.393. The third-order valence-corrected chi connectivity index (χ3v) is 3.64. The molecule has 2 aromatic carbocycles. The molecule has 8 heteroatoms. The predicted molar refractivity (Wildman–Crippen MR) is 86.0 cm³/mol. The van der Waals surface area contributed by atoms with Crippen LogP contribution in [-0.2, 0) is 6.54 Å². The number of rotatable bonds is 5. The summed E-state index contributed by atoms with van der Waals surface area (Å²) in [5, 5.41) is 21.9. The minimum absolute atomic E-state index is 0.284. The zero-order chi connectivity index (χ0) is 16.3. The Bertz CT molecular complexity index is 719. The van der Waals surface area contributed by atoms with E-state index in [4.69, 9.17) is 0 Å². The standard InChI is InChI=1S/C14H12BrN3O4/c1-16(9-10-2-4-11(15)5-3-10)13-7-6-12(17(19)20)8-14(13)18(21)22/h2-8H,9H2,1H3. The molecular weight excluding hydrogens is 354 g/mol. The Hall–Kier alpha value is -2.48. The Labute approximate surface area is 134 Å². The summed E-state index contributed by atoms with van der Waals surface area (Å²) in [5.41, 5.74) is 0.721. The van der Waals surface area contributed by atoms with E-state index in [1.54, 1.807) is 11.9 Å². The van der Waals surface area contributed by atoms with Gasteiger partial charge in [-0.3, -0.25) is 20.2 Å². The van der Waals surface area contributed by atoms with Gasteiger partial charge < -0.3 is 4.90 Å². The van der Waals surface area contributed by atoms with E-state index in [0.717, 1.165) is 16.1 Å². The summed E-state index contributed by atoms with van der Waals surface area (Å²) in [7, 11) is 1.70. The molecule has 0 fully saturated rings. The molecule has 114 valence electrons. The van der Waals surface area contributed by atoms with Crippen LogP contribution in [0.15, 0.2) is 46.9 Å². The number of non-ortho nitro benzene ring substituents is 1. The number of anilines is 1. The van der Waals surface area contributed by atoms with Gasteiger partial charge in [-0.25, -0.2) is 0 Å². The maximum absolute atomic E-state index is 11.1. The van der Waals surface area contributed by atoms with Crippen LogP contribution in [0.4, 0.5) is 17.1 Å². The molecule has 0 aliphatic carbocycles. The first-order valence-electron chi connectivity index (χ1n) is 6.27. The first kappa shape index (κ1) is 15.9. The van der Waals surface area contributed by atoms with Crippen LogP contribution in [-0.4, -0.2) is 16.9 Å². The molecular formula is C14H12BrN3O4. The molecule has 0 aromatic heterocycles. The molecule has 0 aliphatic rings. The van der Waals surface area contributed by atoms with Crippen molar-refractivity contribution in [2.45, 2.75) is 6.54 Å². The van der Waals surface area contributed by atoms with E-state index in [0.29, 0.717) is 12.2 Å². The first-order chi connectivity index (χ1) is 10.4. The molecule has 2 rings (SSSR count). The highest BCUT2D eigenvalue weighted by atomic mass is 79.9. The predicted octanol–water partition coefficient (Wildman–Crippen LogP) is 3.90. The molecule has 0 unspecified atom stereocenters. The van der Waals surface area contributed by atoms with Crippen LogP contribution >= 0.6 is 15.9 Å². The Morgan fingerprint density at radius 3 is 2.23 bits per heavy atom. The van der Waals surface area contributed by atoms with Crippen LogP contribution in [0.5, 0.6) is 0 Å². The number of hydrogen-bond donors (Lipinski definition) is 0. The second-order valence-electron chi connectivity index (χ2n) is 4.67. The summed E-state index contributed by atoms with van der Waals surface area (Å²) in [6.45, 7) is 0.450. The van der Waals surface area contributed by atoms with Gasteiger partial charge in [0.2, 0.25) is 0 Å². The van der Waals surface area contributed by atoms with E-state index in [2.05, 4.69) is 15.9 Å². The zero-order valence-corrected chi connectivity index (χ0v) is 13.2. The van der Waals surface area contributed by atoms with Crippen LogP contribution < -0.4 is 4.90 Å². The van der Waals surface area contributed by atoms with Crippen molar-refractivity contribution in [3.8, 4) is 0 Å². The van der Waals surface area contributed by atoms with Gasteiger partial charge in [-0.05, 0) is 23.8 Å². The molecule has 0 atom stereocenters. The maximum Gasteiger partial charge on any atom is 0.299 e. The number of halogens is 1. The summed E-state index contributed by atoms with van der Waals surface area (Å²) in [4.78, 5) is 22.3. The lowest BCUT2D eigenvalue weighted by atomic mass is 10.2. The Morgan fingerprint density at radius 1 is 1.05 bits per heavy atom. The van der Waals surface area contributed by atoms with E-state index in [1.165, 1.54) is 12.1 Å². The van der Waals surface area contributed by atoms with Crippen molar-refractivity contribution in [2.75, 3.05) is 11.9 Å². The second kappa shape index (κ2) is 6.52.